The molecule has 0 aliphatic heterocycles. The van der Waals surface area contributed by atoms with Crippen molar-refractivity contribution in [1.29, 1.82) is 0 Å². The van der Waals surface area contributed by atoms with E-state index < -0.39 is 5.41 Å². The van der Waals surface area contributed by atoms with E-state index in [1.807, 2.05) is 20.8 Å². The van der Waals surface area contributed by atoms with Crippen LogP contribution >= 0.6 is 12.6 Å². The number of benzene rings is 8. The predicted octanol–water partition coefficient (Wildman–Crippen LogP) is 17.8. The second-order valence-corrected chi connectivity index (χ2v) is 21.3. The minimum atomic E-state index is -0.429. The van der Waals surface area contributed by atoms with Crippen molar-refractivity contribution in [2.45, 2.75) is 66.2 Å². The van der Waals surface area contributed by atoms with Crippen LogP contribution in [-0.4, -0.2) is 14.8 Å². The van der Waals surface area contributed by atoms with Gasteiger partial charge in [-0.2, -0.15) is 0 Å². The van der Waals surface area contributed by atoms with E-state index in [-0.39, 0.29) is 22.3 Å². The largest absolute Gasteiger partial charge is 0.504 e. The van der Waals surface area contributed by atoms with Crippen LogP contribution in [0.5, 0.6) is 0 Å². The Balaban J connectivity index is 1.05. The average Bonchev–Trinajstić information content (AvgIpc) is 3.78. The molecule has 0 fully saturated rings. The minimum Gasteiger partial charge on any atom is -0.504 e. The Morgan fingerprint density at radius 2 is 1.09 bits per heavy atom. The van der Waals surface area contributed by atoms with E-state index in [1.54, 1.807) is 6.08 Å². The number of aliphatic hydroxyl groups is 2. The van der Waals surface area contributed by atoms with Gasteiger partial charge in [-0.05, 0) is 139 Å². The third-order valence-corrected chi connectivity index (χ3v) is 14.6. The quantitative estimate of drug-likeness (QED) is 0.0809. The number of hydrogen-bond acceptors (Lipinski definition) is 4. The van der Waals surface area contributed by atoms with Crippen LogP contribution in [0, 0.1) is 5.41 Å². The zero-order valence-corrected chi connectivity index (χ0v) is 41.0. The molecular weight excluding hydrogens is 849 g/mol. The summed E-state index contributed by atoms with van der Waals surface area (Å²) in [5.41, 5.74) is 17.5. The van der Waals surface area contributed by atoms with Crippen LogP contribution in [0.2, 0.25) is 0 Å². The third kappa shape index (κ3) is 7.99. The van der Waals surface area contributed by atoms with Crippen LogP contribution in [0.3, 0.4) is 0 Å². The molecular formula is C63H58N2O2S. The topological polar surface area (TPSA) is 48.6 Å². The Labute approximate surface area is 406 Å². The Morgan fingerprint density at radius 1 is 0.529 bits per heavy atom. The maximum Gasteiger partial charge on any atom is 0.167 e. The number of aliphatic hydroxyl groups excluding tert-OH is 2. The summed E-state index contributed by atoms with van der Waals surface area (Å²) in [6, 6.07) is 65.9. The van der Waals surface area contributed by atoms with Crippen LogP contribution in [-0.2, 0) is 10.8 Å². The normalized spacial score (nSPS) is 13.9. The lowest BCUT2D eigenvalue weighted by molar-refractivity contribution is 0.318. The lowest BCUT2D eigenvalue weighted by Crippen LogP contribution is -2.16. The van der Waals surface area contributed by atoms with Crippen LogP contribution in [0.15, 0.2) is 198 Å². The molecule has 0 radical (unpaired) electrons. The highest BCUT2D eigenvalue weighted by Gasteiger charge is 2.36. The molecule has 1 aliphatic rings. The van der Waals surface area contributed by atoms with Crippen molar-refractivity contribution in [2.75, 3.05) is 4.90 Å². The van der Waals surface area contributed by atoms with Gasteiger partial charge in [-0.15, -0.1) is 12.6 Å². The fourth-order valence-electron chi connectivity index (χ4n) is 9.93. The highest BCUT2D eigenvalue weighted by Crippen LogP contribution is 2.51. The molecule has 1 aliphatic carbocycles. The van der Waals surface area contributed by atoms with Crippen molar-refractivity contribution >= 4 is 57.6 Å². The number of allylic oxidation sites excluding steroid dienone is 1. The van der Waals surface area contributed by atoms with Gasteiger partial charge in [0, 0.05) is 43.8 Å². The monoisotopic (exact) mass is 906 g/mol. The van der Waals surface area contributed by atoms with Crippen molar-refractivity contribution in [3.63, 3.8) is 0 Å². The second kappa shape index (κ2) is 16.8. The molecule has 0 amide bonds. The zero-order valence-electron chi connectivity index (χ0n) is 40.1. The lowest BCUT2D eigenvalue weighted by Gasteiger charge is -2.28. The summed E-state index contributed by atoms with van der Waals surface area (Å²) < 4.78 is 2.31. The summed E-state index contributed by atoms with van der Waals surface area (Å²) in [7, 11) is 0. The van der Waals surface area contributed by atoms with E-state index in [2.05, 4.69) is 239 Å². The van der Waals surface area contributed by atoms with E-state index in [0.717, 1.165) is 66.8 Å². The molecule has 4 nitrogen and oxygen atoms in total. The fraction of sp³-hybridized carbons (Fsp3) is 0.175. The number of aromatic nitrogens is 1. The van der Waals surface area contributed by atoms with Gasteiger partial charge in [0.05, 0.1) is 11.0 Å². The number of thiol groups is 1. The van der Waals surface area contributed by atoms with Crippen LogP contribution in [0.4, 0.5) is 17.1 Å². The highest BCUT2D eigenvalue weighted by atomic mass is 32.1. The Hall–Kier alpha value is -7.21. The van der Waals surface area contributed by atoms with E-state index in [9.17, 15) is 10.2 Å². The van der Waals surface area contributed by atoms with Gasteiger partial charge < -0.3 is 19.7 Å². The highest BCUT2D eigenvalue weighted by molar-refractivity contribution is 7.84. The summed E-state index contributed by atoms with van der Waals surface area (Å²) in [5.74, 6) is -0.434. The fourth-order valence-corrected chi connectivity index (χ4v) is 10.0. The average molecular weight is 907 g/mol. The number of fused-ring (bicyclic) bond motifs is 6. The van der Waals surface area contributed by atoms with Crippen LogP contribution in [0.1, 0.15) is 77.6 Å². The Morgan fingerprint density at radius 3 is 1.76 bits per heavy atom. The number of rotatable bonds is 8. The summed E-state index contributed by atoms with van der Waals surface area (Å²) in [4.78, 5) is 2.80. The predicted molar refractivity (Wildman–Crippen MR) is 291 cm³/mol. The first-order valence-corrected chi connectivity index (χ1v) is 24.0. The summed E-state index contributed by atoms with van der Waals surface area (Å²) >= 11 is 4.57. The zero-order chi connectivity index (χ0) is 47.7. The van der Waals surface area contributed by atoms with Crippen LogP contribution in [0.25, 0.3) is 66.9 Å². The van der Waals surface area contributed by atoms with Gasteiger partial charge in [0.1, 0.15) is 0 Å². The van der Waals surface area contributed by atoms with Gasteiger partial charge in [0.15, 0.2) is 11.5 Å². The molecule has 0 spiro atoms. The summed E-state index contributed by atoms with van der Waals surface area (Å²) in [6.07, 6.45) is 1.64. The molecule has 0 saturated carbocycles. The molecule has 0 unspecified atom stereocenters. The van der Waals surface area contributed by atoms with Crippen molar-refractivity contribution in [1.82, 2.24) is 4.57 Å². The second-order valence-electron chi connectivity index (χ2n) is 20.8. The Bertz CT molecular complexity index is 3450. The van der Waals surface area contributed by atoms with E-state index in [4.69, 9.17) is 0 Å². The molecule has 0 saturated heterocycles. The number of anilines is 3. The maximum atomic E-state index is 11.2. The maximum absolute atomic E-state index is 11.2. The SMILES string of the molecule is CC(C)(C)/C(S)=C(O)/C(O)=C/c1cc(-n2c3ccccc3c3cc(-c4ccc(N(c5ccc(-c6ccccc6)cc5)c5ccc6c(c5)C(C)(C)c5ccccc5-6)cc4)ccc32)cc(C(C)(C)C)c1. The number of para-hydroxylation sites is 1. The number of hydrogen-bond donors (Lipinski definition) is 3. The Kier molecular flexibility index (Phi) is 11.0. The van der Waals surface area contributed by atoms with E-state index in [1.165, 1.54) is 33.4 Å². The number of nitrogens with zero attached hydrogens (tertiary/aromatic N) is 2. The lowest BCUT2D eigenvalue weighted by atomic mass is 9.82. The van der Waals surface area contributed by atoms with Crippen molar-refractivity contribution in [2.24, 2.45) is 5.41 Å². The third-order valence-electron chi connectivity index (χ3n) is 13.7. The molecule has 1 heterocycles. The first kappa shape index (κ1) is 44.6. The minimum absolute atomic E-state index is 0.127. The van der Waals surface area contributed by atoms with Gasteiger partial charge in [0.25, 0.3) is 0 Å². The standard InChI is InChI=1S/C63H58N2O2S/c1-61(2,3)45-34-40(36-58(66)59(67)60(68)62(4,5)6)35-49(38-45)65-56-21-15-13-19-52(56)53-37-44(26-33-57(53)65)43-24-29-47(30-25-43)64(46-27-22-42(23-28-46)41-16-10-9-11-17-41)48-31-32-51-50-18-12-14-20-54(50)63(7,8)55(51)39-48/h9-39,66-68H,1-8H3/b58-36-,60-59+. The summed E-state index contributed by atoms with van der Waals surface area (Å²) in [6.45, 7) is 17.1. The van der Waals surface area contributed by atoms with Gasteiger partial charge in [-0.1, -0.05) is 171 Å². The first-order chi connectivity index (χ1) is 32.5. The van der Waals surface area contributed by atoms with Gasteiger partial charge in [-0.3, -0.25) is 0 Å². The molecule has 68 heavy (non-hydrogen) atoms. The van der Waals surface area contributed by atoms with E-state index in [0.29, 0.717) is 4.91 Å². The van der Waals surface area contributed by atoms with Crippen molar-refractivity contribution in [3.8, 4) is 39.1 Å². The van der Waals surface area contributed by atoms with Crippen LogP contribution < -0.4 is 4.90 Å². The first-order valence-electron chi connectivity index (χ1n) is 23.5. The van der Waals surface area contributed by atoms with E-state index >= 15 is 0 Å². The molecule has 8 aromatic carbocycles. The molecule has 1 aromatic heterocycles. The van der Waals surface area contributed by atoms with Crippen molar-refractivity contribution in [3.05, 3.63) is 221 Å². The molecule has 5 heteroatoms. The van der Waals surface area contributed by atoms with Gasteiger partial charge >= 0.3 is 0 Å². The van der Waals surface area contributed by atoms with Gasteiger partial charge in [-0.25, -0.2) is 0 Å². The molecule has 338 valence electrons. The summed E-state index contributed by atoms with van der Waals surface area (Å²) in [5, 5.41) is 24.5. The molecule has 0 bridgehead atoms. The smallest absolute Gasteiger partial charge is 0.167 e. The molecule has 2 N–H and O–H groups in total. The van der Waals surface area contributed by atoms with Crippen molar-refractivity contribution < 1.29 is 10.2 Å². The molecule has 10 rings (SSSR count). The molecule has 9 aromatic rings. The molecule has 0 atom stereocenters. The van der Waals surface area contributed by atoms with Gasteiger partial charge in [0.2, 0.25) is 0 Å².